The first-order chi connectivity index (χ1) is 2.41. The molecule has 0 aromatic rings. The van der Waals surface area contributed by atoms with Crippen molar-refractivity contribution in [1.82, 2.24) is 0 Å². The third-order valence-corrected chi connectivity index (χ3v) is 0.457. The fourth-order valence-corrected chi connectivity index (χ4v) is 0.216. The molecule has 0 spiro atoms. The molecule has 5 heavy (non-hydrogen) atoms. The van der Waals surface area contributed by atoms with Crippen LogP contribution in [-0.4, -0.2) is 6.61 Å². The number of hydrogen-bond donors (Lipinski definition) is 0. The van der Waals surface area contributed by atoms with Gasteiger partial charge in [0.05, 0.1) is 0 Å². The Balaban J connectivity index is 2.48. The van der Waals surface area contributed by atoms with E-state index in [0.717, 1.165) is 0 Å². The van der Waals surface area contributed by atoms with Crippen molar-refractivity contribution < 1.29 is 23.6 Å². The molecular weight excluding hydrogens is 247 g/mol. The fraction of sp³-hybridized carbons (Fsp3) is 0.333. The molecule has 2 heteroatoms. The summed E-state index contributed by atoms with van der Waals surface area (Å²) >= 11 is 1.73. The fourth-order valence-electron chi connectivity index (χ4n) is 0.0264. The molecule has 1 nitrogen and oxygen atoms in total. The van der Waals surface area contributed by atoms with Crippen LogP contribution in [-0.2, 0) is 23.6 Å². The molecule has 0 unspecified atom stereocenters. The summed E-state index contributed by atoms with van der Waals surface area (Å²) in [4.78, 5) is 0. The van der Waals surface area contributed by atoms with Crippen molar-refractivity contribution in [3.8, 4) is 12.3 Å². The first-order valence-corrected chi connectivity index (χ1v) is 1.99. The van der Waals surface area contributed by atoms with Crippen molar-refractivity contribution in [3.05, 3.63) is 0 Å². The Kier molecular flexibility index (Phi) is 4.38. The molecule has 0 saturated carbocycles. The van der Waals surface area contributed by atoms with Crippen molar-refractivity contribution in [2.75, 3.05) is 6.61 Å². The van der Waals surface area contributed by atoms with Gasteiger partial charge < -0.3 is 0 Å². The molecule has 0 aliphatic rings. The molecule has 0 aliphatic heterocycles. The van der Waals surface area contributed by atoms with E-state index in [1.807, 2.05) is 0 Å². The molecule has 0 amide bonds. The molecule has 0 fully saturated rings. The van der Waals surface area contributed by atoms with Gasteiger partial charge in [0, 0.05) is 0 Å². The monoisotopic (exact) mass is 250 g/mol. The van der Waals surface area contributed by atoms with Gasteiger partial charge in [-0.1, -0.05) is 0 Å². The van der Waals surface area contributed by atoms with Crippen LogP contribution in [0.4, 0.5) is 0 Å². The Bertz CT molecular complexity index is 45.3. The van der Waals surface area contributed by atoms with Crippen molar-refractivity contribution in [3.63, 3.8) is 0 Å². The van der Waals surface area contributed by atoms with E-state index in [1.54, 1.807) is 20.2 Å². The van der Waals surface area contributed by atoms with Gasteiger partial charge in [-0.25, -0.2) is 0 Å². The van der Waals surface area contributed by atoms with Gasteiger partial charge in [0.2, 0.25) is 0 Å². The molecule has 0 aliphatic carbocycles. The molecule has 0 aromatic heterocycles. The Morgan fingerprint density at radius 3 is 2.60 bits per heavy atom. The summed E-state index contributed by atoms with van der Waals surface area (Å²) in [5.41, 5.74) is 0. The van der Waals surface area contributed by atoms with Gasteiger partial charge in [-0.3, -0.25) is 0 Å². The summed E-state index contributed by atoms with van der Waals surface area (Å²) in [5.74, 6) is 2.29. The molecule has 0 rings (SSSR count). The number of hydrogen-bond acceptors (Lipinski definition) is 1. The zero-order chi connectivity index (χ0) is 4.12. The zero-order valence-corrected chi connectivity index (χ0v) is 4.78. The van der Waals surface area contributed by atoms with Crippen LogP contribution in [0, 0.1) is 12.3 Å². The maximum atomic E-state index is 4.76. The molecule has 0 N–H and O–H groups in total. The van der Waals surface area contributed by atoms with Gasteiger partial charge in [0.15, 0.2) is 0 Å². The minimum atomic E-state index is 0.404. The van der Waals surface area contributed by atoms with Gasteiger partial charge in [-0.05, 0) is 0 Å². The second-order valence-electron chi connectivity index (χ2n) is 0.440. The number of terminal acetylenes is 1. The van der Waals surface area contributed by atoms with Gasteiger partial charge in [0.25, 0.3) is 0 Å². The standard InChI is InChI=1S/C3H3O.Pt/c1-2-3-4;/h1H,3H2;/q-1;+1. The SMILES string of the molecule is C#CC[O][Pt]. The first-order valence-electron chi connectivity index (χ1n) is 1.06. The third kappa shape index (κ3) is 4.21. The van der Waals surface area contributed by atoms with Crippen molar-refractivity contribution >= 4 is 0 Å². The van der Waals surface area contributed by atoms with Crippen LogP contribution in [0.1, 0.15) is 0 Å². The van der Waals surface area contributed by atoms with Gasteiger partial charge in [-0.2, -0.15) is 0 Å². The van der Waals surface area contributed by atoms with Gasteiger partial charge >= 0.3 is 42.5 Å². The molecule has 0 saturated heterocycles. The Morgan fingerprint density at radius 1 is 2.00 bits per heavy atom. The quantitative estimate of drug-likeness (QED) is 0.600. The van der Waals surface area contributed by atoms with E-state index in [9.17, 15) is 0 Å². The summed E-state index contributed by atoms with van der Waals surface area (Å²) in [6, 6.07) is 0. The van der Waals surface area contributed by atoms with Crippen LogP contribution in [0.3, 0.4) is 0 Å². The van der Waals surface area contributed by atoms with Gasteiger partial charge in [-0.15, -0.1) is 0 Å². The van der Waals surface area contributed by atoms with Crippen LogP contribution in [0.2, 0.25) is 0 Å². The second kappa shape index (κ2) is 4.21. The molecule has 0 bridgehead atoms. The van der Waals surface area contributed by atoms with Crippen LogP contribution >= 0.6 is 0 Å². The van der Waals surface area contributed by atoms with E-state index in [2.05, 4.69) is 9.31 Å². The Hall–Kier alpha value is 0.208. The summed E-state index contributed by atoms with van der Waals surface area (Å²) in [5, 5.41) is 0. The van der Waals surface area contributed by atoms with Crippen molar-refractivity contribution in [1.29, 1.82) is 0 Å². The molecule has 0 atom stereocenters. The predicted octanol–water partition coefficient (Wildman–Crippen LogP) is 0.0980. The molecule has 0 aromatic carbocycles. The van der Waals surface area contributed by atoms with Crippen LogP contribution in [0.25, 0.3) is 0 Å². The molecule has 31 valence electrons. The number of rotatable bonds is 1. The van der Waals surface area contributed by atoms with Crippen molar-refractivity contribution in [2.24, 2.45) is 0 Å². The molecule has 0 heterocycles. The topological polar surface area (TPSA) is 9.23 Å². The summed E-state index contributed by atoms with van der Waals surface area (Å²) in [7, 11) is 0. The van der Waals surface area contributed by atoms with Crippen LogP contribution in [0.15, 0.2) is 0 Å². The summed E-state index contributed by atoms with van der Waals surface area (Å²) < 4.78 is 4.43. The first kappa shape index (κ1) is 5.21. The summed E-state index contributed by atoms with van der Waals surface area (Å²) in [6.45, 7) is 0.404. The normalized spacial score (nSPS) is 6.60. The minimum absolute atomic E-state index is 0.404. The van der Waals surface area contributed by atoms with E-state index in [1.165, 1.54) is 0 Å². The predicted molar refractivity (Wildman–Crippen MR) is 14.8 cm³/mol. The van der Waals surface area contributed by atoms with E-state index < -0.39 is 0 Å². The van der Waals surface area contributed by atoms with E-state index in [-0.39, 0.29) is 0 Å². The van der Waals surface area contributed by atoms with Gasteiger partial charge in [0.1, 0.15) is 0 Å². The Morgan fingerprint density at radius 2 is 2.60 bits per heavy atom. The zero-order valence-electron chi connectivity index (χ0n) is 2.51. The Labute approximate surface area is 43.1 Å². The third-order valence-electron chi connectivity index (χ3n) is 0.129. The van der Waals surface area contributed by atoms with E-state index >= 15 is 0 Å². The maximum absolute atomic E-state index is 4.76. The van der Waals surface area contributed by atoms with E-state index in [4.69, 9.17) is 6.42 Å². The second-order valence-corrected chi connectivity index (χ2v) is 1.10. The molecule has 0 radical (unpaired) electrons. The van der Waals surface area contributed by atoms with E-state index in [0.29, 0.717) is 6.61 Å². The average Bonchev–Trinajstić information content (AvgIpc) is 1.41. The average molecular weight is 250 g/mol. The summed E-state index contributed by atoms with van der Waals surface area (Å²) in [6.07, 6.45) is 4.76. The van der Waals surface area contributed by atoms with Crippen molar-refractivity contribution in [2.45, 2.75) is 0 Å². The van der Waals surface area contributed by atoms with Crippen LogP contribution in [0.5, 0.6) is 0 Å². The van der Waals surface area contributed by atoms with Crippen LogP contribution < -0.4 is 0 Å². The molecular formula is C3H3OPt.